The quantitative estimate of drug-likeness (QED) is 0.833. The monoisotopic (exact) mass is 352 g/mol. The molecule has 4 nitrogen and oxygen atoms in total. The van der Waals surface area contributed by atoms with Crippen LogP contribution in [0.25, 0.3) is 0 Å². The number of carbonyl (C=O) groups is 2. The standard InChI is InChI=1S/C21H21FN2O2/c1-14-20(25)24(17-10-9-15-5-4-6-16(15)13-17)12-11-23(14)21(26)18-7-2-3-8-19(18)22/h2-3,7-10,13-14H,4-6,11-12H2,1H3/t14-/m0/s1. The van der Waals surface area contributed by atoms with E-state index in [1.165, 1.54) is 28.2 Å². The molecule has 0 spiro atoms. The van der Waals surface area contributed by atoms with E-state index in [0.29, 0.717) is 13.1 Å². The number of halogens is 1. The van der Waals surface area contributed by atoms with Crippen LogP contribution in [0.4, 0.5) is 10.1 Å². The van der Waals surface area contributed by atoms with Crippen LogP contribution in [0.3, 0.4) is 0 Å². The second-order valence-electron chi connectivity index (χ2n) is 6.95. The molecule has 0 bridgehead atoms. The Morgan fingerprint density at radius 2 is 1.85 bits per heavy atom. The van der Waals surface area contributed by atoms with Crippen molar-refractivity contribution in [1.82, 2.24) is 4.90 Å². The maximum Gasteiger partial charge on any atom is 0.257 e. The van der Waals surface area contributed by atoms with Gasteiger partial charge in [-0.25, -0.2) is 4.39 Å². The van der Waals surface area contributed by atoms with Gasteiger partial charge in [-0.05, 0) is 61.6 Å². The predicted octanol–water partition coefficient (Wildman–Crippen LogP) is 3.19. The van der Waals surface area contributed by atoms with Gasteiger partial charge in [0.1, 0.15) is 11.9 Å². The average molecular weight is 352 g/mol. The van der Waals surface area contributed by atoms with E-state index in [1.807, 2.05) is 6.07 Å². The van der Waals surface area contributed by atoms with Gasteiger partial charge in [-0.2, -0.15) is 0 Å². The van der Waals surface area contributed by atoms with Crippen molar-refractivity contribution in [1.29, 1.82) is 0 Å². The van der Waals surface area contributed by atoms with Gasteiger partial charge in [0.15, 0.2) is 0 Å². The van der Waals surface area contributed by atoms with Gasteiger partial charge in [0.2, 0.25) is 5.91 Å². The molecule has 1 aliphatic heterocycles. The van der Waals surface area contributed by atoms with E-state index in [1.54, 1.807) is 24.0 Å². The van der Waals surface area contributed by atoms with Crippen LogP contribution in [0, 0.1) is 5.82 Å². The van der Waals surface area contributed by atoms with Gasteiger partial charge in [-0.15, -0.1) is 0 Å². The molecule has 2 aliphatic rings. The average Bonchev–Trinajstić information content (AvgIpc) is 3.11. The third-order valence-electron chi connectivity index (χ3n) is 5.41. The molecule has 0 radical (unpaired) electrons. The van der Waals surface area contributed by atoms with Gasteiger partial charge in [-0.3, -0.25) is 9.59 Å². The van der Waals surface area contributed by atoms with Gasteiger partial charge in [0.25, 0.3) is 5.91 Å². The molecular formula is C21H21FN2O2. The first-order chi connectivity index (χ1) is 12.6. The second kappa shape index (κ2) is 6.56. The molecule has 5 heteroatoms. The summed E-state index contributed by atoms with van der Waals surface area (Å²) in [5.74, 6) is -1.12. The molecule has 2 amide bonds. The Morgan fingerprint density at radius 1 is 1.08 bits per heavy atom. The van der Waals surface area contributed by atoms with Gasteiger partial charge in [0.05, 0.1) is 5.56 Å². The zero-order valence-corrected chi connectivity index (χ0v) is 14.7. The van der Waals surface area contributed by atoms with Crippen LogP contribution in [0.1, 0.15) is 34.8 Å². The van der Waals surface area contributed by atoms with E-state index < -0.39 is 17.8 Å². The Balaban J connectivity index is 1.56. The smallest absolute Gasteiger partial charge is 0.257 e. The predicted molar refractivity (Wildman–Crippen MR) is 97.7 cm³/mol. The first-order valence-electron chi connectivity index (χ1n) is 9.05. The van der Waals surface area contributed by atoms with Crippen molar-refractivity contribution in [3.8, 4) is 0 Å². The molecule has 1 fully saturated rings. The lowest BCUT2D eigenvalue weighted by Gasteiger charge is -2.39. The van der Waals surface area contributed by atoms with Crippen LogP contribution in [-0.4, -0.2) is 35.8 Å². The van der Waals surface area contributed by atoms with Crippen molar-refractivity contribution in [2.75, 3.05) is 18.0 Å². The maximum atomic E-state index is 13.9. The highest BCUT2D eigenvalue weighted by atomic mass is 19.1. The molecule has 1 aliphatic carbocycles. The number of rotatable bonds is 2. The number of carbonyl (C=O) groups excluding carboxylic acids is 2. The summed E-state index contributed by atoms with van der Waals surface area (Å²) in [6, 6.07) is 11.5. The van der Waals surface area contributed by atoms with Crippen LogP contribution in [0.15, 0.2) is 42.5 Å². The van der Waals surface area contributed by atoms with E-state index in [2.05, 4.69) is 12.1 Å². The summed E-state index contributed by atoms with van der Waals surface area (Å²) in [6.07, 6.45) is 3.32. The van der Waals surface area contributed by atoms with E-state index in [-0.39, 0.29) is 11.5 Å². The summed E-state index contributed by atoms with van der Waals surface area (Å²) in [4.78, 5) is 28.8. The van der Waals surface area contributed by atoms with Crippen molar-refractivity contribution >= 4 is 17.5 Å². The number of anilines is 1. The molecule has 0 N–H and O–H groups in total. The molecule has 2 aromatic rings. The highest BCUT2D eigenvalue weighted by Gasteiger charge is 2.36. The Labute approximate surface area is 152 Å². The second-order valence-corrected chi connectivity index (χ2v) is 6.95. The summed E-state index contributed by atoms with van der Waals surface area (Å²) in [5.41, 5.74) is 3.58. The molecule has 2 aromatic carbocycles. The van der Waals surface area contributed by atoms with E-state index >= 15 is 0 Å². The number of aryl methyl sites for hydroxylation is 2. The lowest BCUT2D eigenvalue weighted by molar-refractivity contribution is -0.124. The number of hydrogen-bond donors (Lipinski definition) is 0. The summed E-state index contributed by atoms with van der Waals surface area (Å²) in [6.45, 7) is 2.51. The van der Waals surface area contributed by atoms with E-state index in [4.69, 9.17) is 0 Å². The van der Waals surface area contributed by atoms with Crippen molar-refractivity contribution in [3.63, 3.8) is 0 Å². The lowest BCUT2D eigenvalue weighted by atomic mass is 10.1. The minimum Gasteiger partial charge on any atom is -0.325 e. The fourth-order valence-electron chi connectivity index (χ4n) is 3.92. The van der Waals surface area contributed by atoms with Gasteiger partial charge in [0, 0.05) is 18.8 Å². The molecule has 0 aromatic heterocycles. The van der Waals surface area contributed by atoms with Crippen molar-refractivity contribution in [3.05, 3.63) is 65.0 Å². The molecule has 1 atom stereocenters. The molecule has 1 heterocycles. The van der Waals surface area contributed by atoms with Crippen molar-refractivity contribution < 1.29 is 14.0 Å². The molecular weight excluding hydrogens is 331 g/mol. The molecule has 4 rings (SSSR count). The third kappa shape index (κ3) is 2.77. The van der Waals surface area contributed by atoms with Crippen LogP contribution in [0.5, 0.6) is 0 Å². The largest absolute Gasteiger partial charge is 0.325 e. The first-order valence-corrected chi connectivity index (χ1v) is 9.05. The fourth-order valence-corrected chi connectivity index (χ4v) is 3.92. The Bertz CT molecular complexity index is 880. The first kappa shape index (κ1) is 16.8. The molecule has 0 unspecified atom stereocenters. The highest BCUT2D eigenvalue weighted by Crippen LogP contribution is 2.29. The minimum absolute atomic E-state index is 0.0122. The van der Waals surface area contributed by atoms with Crippen molar-refractivity contribution in [2.45, 2.75) is 32.2 Å². The molecule has 26 heavy (non-hydrogen) atoms. The van der Waals surface area contributed by atoms with Crippen molar-refractivity contribution in [2.24, 2.45) is 0 Å². The molecule has 1 saturated heterocycles. The topological polar surface area (TPSA) is 40.6 Å². The van der Waals surface area contributed by atoms with Gasteiger partial charge in [-0.1, -0.05) is 18.2 Å². The SMILES string of the molecule is C[C@H]1C(=O)N(c2ccc3c(c2)CCC3)CCN1C(=O)c1ccccc1F. The Morgan fingerprint density at radius 3 is 2.65 bits per heavy atom. The lowest BCUT2D eigenvalue weighted by Crippen LogP contribution is -2.57. The van der Waals surface area contributed by atoms with Crippen LogP contribution < -0.4 is 4.90 Å². The summed E-state index contributed by atoms with van der Waals surface area (Å²) in [5, 5.41) is 0. The normalized spacial score (nSPS) is 19.6. The maximum absolute atomic E-state index is 13.9. The number of fused-ring (bicyclic) bond motifs is 1. The molecule has 134 valence electrons. The minimum atomic E-state index is -0.621. The summed E-state index contributed by atoms with van der Waals surface area (Å²) in [7, 11) is 0. The Kier molecular flexibility index (Phi) is 4.23. The third-order valence-corrected chi connectivity index (χ3v) is 5.41. The molecule has 0 saturated carbocycles. The van der Waals surface area contributed by atoms with Gasteiger partial charge >= 0.3 is 0 Å². The Hall–Kier alpha value is -2.69. The number of amides is 2. The number of piperazine rings is 1. The highest BCUT2D eigenvalue weighted by molar-refractivity contribution is 6.03. The zero-order valence-electron chi connectivity index (χ0n) is 14.7. The number of hydrogen-bond acceptors (Lipinski definition) is 2. The summed E-state index contributed by atoms with van der Waals surface area (Å²) < 4.78 is 13.9. The zero-order chi connectivity index (χ0) is 18.3. The van der Waals surface area contributed by atoms with Crippen LogP contribution in [0.2, 0.25) is 0 Å². The van der Waals surface area contributed by atoms with Gasteiger partial charge < -0.3 is 9.80 Å². The van der Waals surface area contributed by atoms with E-state index in [0.717, 1.165) is 24.9 Å². The summed E-state index contributed by atoms with van der Waals surface area (Å²) >= 11 is 0. The van der Waals surface area contributed by atoms with E-state index in [9.17, 15) is 14.0 Å². The van der Waals surface area contributed by atoms with Crippen LogP contribution >= 0.6 is 0 Å². The fraction of sp³-hybridized carbons (Fsp3) is 0.333. The number of nitrogens with zero attached hydrogens (tertiary/aromatic N) is 2. The number of benzene rings is 2. The van der Waals surface area contributed by atoms with Crippen LogP contribution in [-0.2, 0) is 17.6 Å².